The lowest BCUT2D eigenvalue weighted by Crippen LogP contribution is -2.37. The molecule has 0 bridgehead atoms. The highest BCUT2D eigenvalue weighted by molar-refractivity contribution is 5.76. The second-order valence-electron chi connectivity index (χ2n) is 7.71. The number of allylic oxidation sites excluding steroid dienone is 3. The molecule has 2 aromatic heterocycles. The van der Waals surface area contributed by atoms with Crippen molar-refractivity contribution in [1.29, 1.82) is 0 Å². The molecule has 0 aliphatic heterocycles. The van der Waals surface area contributed by atoms with E-state index in [1.54, 1.807) is 13.2 Å². The Balaban J connectivity index is 2.37. The van der Waals surface area contributed by atoms with Crippen LogP contribution in [0, 0.1) is 5.82 Å². The number of aromatic nitrogens is 2. The first-order valence-corrected chi connectivity index (χ1v) is 11.1. The Morgan fingerprint density at radius 1 is 1.21 bits per heavy atom. The molecular formula is C25H35FN6O. The average Bonchev–Trinajstić information content (AvgIpc) is 2.79. The molecule has 0 saturated carbocycles. The number of unbranched alkanes of at least 4 members (excludes halogenated alkanes) is 1. The van der Waals surface area contributed by atoms with E-state index in [4.69, 9.17) is 16.2 Å². The van der Waals surface area contributed by atoms with E-state index in [-0.39, 0.29) is 23.6 Å². The first-order valence-electron chi connectivity index (χ1n) is 11.1. The van der Waals surface area contributed by atoms with E-state index in [2.05, 4.69) is 33.3 Å². The SMILES string of the molecule is C=C(N)c1cc(F)c(NC(/C=C/CC/C=C\C)[C@H](C)N)nc1Nc1cc(CC)nc(OC)c1. The number of methoxy groups -OCH3 is 1. The van der Waals surface area contributed by atoms with Crippen molar-refractivity contribution in [2.75, 3.05) is 17.7 Å². The van der Waals surface area contributed by atoms with Crippen LogP contribution < -0.4 is 26.8 Å². The summed E-state index contributed by atoms with van der Waals surface area (Å²) in [5, 5.41) is 6.32. The van der Waals surface area contributed by atoms with E-state index < -0.39 is 5.82 Å². The molecule has 0 spiro atoms. The molecule has 178 valence electrons. The van der Waals surface area contributed by atoms with Crippen LogP contribution in [0.4, 0.5) is 21.7 Å². The van der Waals surface area contributed by atoms with Gasteiger partial charge in [-0.15, -0.1) is 0 Å². The Bertz CT molecular complexity index is 980. The van der Waals surface area contributed by atoms with Gasteiger partial charge < -0.3 is 26.8 Å². The number of aryl methyl sites for hydroxylation is 1. The van der Waals surface area contributed by atoms with Crippen LogP contribution in [0.15, 0.2) is 49.1 Å². The van der Waals surface area contributed by atoms with Gasteiger partial charge in [-0.05, 0) is 45.2 Å². The van der Waals surface area contributed by atoms with Gasteiger partial charge in [0.2, 0.25) is 5.88 Å². The fourth-order valence-corrected chi connectivity index (χ4v) is 3.10. The van der Waals surface area contributed by atoms with Gasteiger partial charge in [-0.3, -0.25) is 0 Å². The third-order valence-corrected chi connectivity index (χ3v) is 4.96. The summed E-state index contributed by atoms with van der Waals surface area (Å²) in [5.41, 5.74) is 14.1. The van der Waals surface area contributed by atoms with Crippen LogP contribution in [0.2, 0.25) is 0 Å². The first-order chi connectivity index (χ1) is 15.8. The first kappa shape index (κ1) is 25.9. The number of ether oxygens (including phenoxy) is 1. The molecule has 2 atom stereocenters. The fourth-order valence-electron chi connectivity index (χ4n) is 3.10. The van der Waals surface area contributed by atoms with E-state index in [0.717, 1.165) is 25.0 Å². The summed E-state index contributed by atoms with van der Waals surface area (Å²) >= 11 is 0. The molecule has 0 aliphatic carbocycles. The molecule has 0 fully saturated rings. The van der Waals surface area contributed by atoms with Crippen molar-refractivity contribution in [3.63, 3.8) is 0 Å². The zero-order chi connectivity index (χ0) is 24.4. The van der Waals surface area contributed by atoms with Gasteiger partial charge in [-0.25, -0.2) is 14.4 Å². The van der Waals surface area contributed by atoms with Gasteiger partial charge in [-0.2, -0.15) is 0 Å². The molecule has 2 rings (SSSR count). The Morgan fingerprint density at radius 2 is 1.94 bits per heavy atom. The van der Waals surface area contributed by atoms with Crippen LogP contribution in [-0.2, 0) is 6.42 Å². The van der Waals surface area contributed by atoms with Crippen molar-refractivity contribution in [3.8, 4) is 5.88 Å². The lowest BCUT2D eigenvalue weighted by molar-refractivity contribution is 0.396. The van der Waals surface area contributed by atoms with Gasteiger partial charge in [0.25, 0.3) is 0 Å². The van der Waals surface area contributed by atoms with E-state index in [0.29, 0.717) is 22.9 Å². The van der Waals surface area contributed by atoms with Gasteiger partial charge in [0, 0.05) is 34.8 Å². The molecule has 0 radical (unpaired) electrons. The van der Waals surface area contributed by atoms with E-state index >= 15 is 0 Å². The maximum Gasteiger partial charge on any atom is 0.215 e. The average molecular weight is 455 g/mol. The standard InChI is InChI=1S/C25H35FN6O/c1-6-8-9-10-11-12-22(17(4)28)31-25-21(26)15-20(16(3)27)24(32-25)30-19-13-18(7-2)29-23(14-19)33-5/h6,8,11-15,17,22H,3,7,9-10,27-28H2,1-2,4-5H3,(H2,29,30,31,32)/b8-6-,12-11+/t17-,22?/m0/s1. The number of hydrogen-bond acceptors (Lipinski definition) is 7. The number of nitrogens with two attached hydrogens (primary N) is 2. The smallest absolute Gasteiger partial charge is 0.215 e. The van der Waals surface area contributed by atoms with Crippen LogP contribution >= 0.6 is 0 Å². The summed E-state index contributed by atoms with van der Waals surface area (Å²) in [6.45, 7) is 9.60. The minimum atomic E-state index is -0.545. The summed E-state index contributed by atoms with van der Waals surface area (Å²) in [7, 11) is 1.55. The zero-order valence-corrected chi connectivity index (χ0v) is 19.9. The van der Waals surface area contributed by atoms with Gasteiger partial charge in [-0.1, -0.05) is 37.8 Å². The van der Waals surface area contributed by atoms with Gasteiger partial charge in [0.1, 0.15) is 5.82 Å². The molecule has 33 heavy (non-hydrogen) atoms. The van der Waals surface area contributed by atoms with E-state index in [9.17, 15) is 4.39 Å². The highest BCUT2D eigenvalue weighted by atomic mass is 19.1. The topological polar surface area (TPSA) is 111 Å². The lowest BCUT2D eigenvalue weighted by atomic mass is 10.1. The summed E-state index contributed by atoms with van der Waals surface area (Å²) in [6, 6.07) is 4.36. The van der Waals surface area contributed by atoms with E-state index in [1.165, 1.54) is 6.07 Å². The number of pyridine rings is 2. The Morgan fingerprint density at radius 3 is 2.55 bits per heavy atom. The summed E-state index contributed by atoms with van der Waals surface area (Å²) in [5.74, 6) is 0.351. The molecule has 6 N–H and O–H groups in total. The van der Waals surface area contributed by atoms with Gasteiger partial charge in [0.15, 0.2) is 11.6 Å². The predicted octanol–water partition coefficient (Wildman–Crippen LogP) is 4.90. The maximum atomic E-state index is 14.9. The molecule has 0 amide bonds. The van der Waals surface area contributed by atoms with Crippen molar-refractivity contribution < 1.29 is 9.13 Å². The monoisotopic (exact) mass is 454 g/mol. The Labute approximate surface area is 195 Å². The van der Waals surface area contributed by atoms with Crippen LogP contribution in [-0.4, -0.2) is 29.2 Å². The quantitative estimate of drug-likeness (QED) is 0.267. The molecule has 2 heterocycles. The number of nitrogens with zero attached hydrogens (tertiary/aromatic N) is 2. The molecule has 0 saturated heterocycles. The van der Waals surface area contributed by atoms with Crippen molar-refractivity contribution in [2.24, 2.45) is 11.5 Å². The van der Waals surface area contributed by atoms with Gasteiger partial charge in [0.05, 0.1) is 13.2 Å². The maximum absolute atomic E-state index is 14.9. The lowest BCUT2D eigenvalue weighted by Gasteiger charge is -2.21. The highest BCUT2D eigenvalue weighted by Crippen LogP contribution is 2.28. The molecule has 0 aliphatic rings. The predicted molar refractivity (Wildman–Crippen MR) is 135 cm³/mol. The minimum Gasteiger partial charge on any atom is -0.481 e. The zero-order valence-electron chi connectivity index (χ0n) is 19.9. The number of nitrogens with one attached hydrogen (secondary N) is 2. The Kier molecular flexibility index (Phi) is 9.87. The van der Waals surface area contributed by atoms with Crippen molar-refractivity contribution >= 4 is 23.0 Å². The van der Waals surface area contributed by atoms with Crippen molar-refractivity contribution in [2.45, 2.75) is 52.1 Å². The van der Waals surface area contributed by atoms with E-state index in [1.807, 2.05) is 45.1 Å². The molecule has 1 unspecified atom stereocenters. The molecule has 8 heteroatoms. The number of halogens is 1. The van der Waals surface area contributed by atoms with Gasteiger partial charge >= 0.3 is 0 Å². The number of anilines is 3. The summed E-state index contributed by atoms with van der Waals surface area (Å²) in [4.78, 5) is 8.86. The Hall–Kier alpha value is -3.39. The van der Waals surface area contributed by atoms with Crippen molar-refractivity contribution in [3.05, 3.63) is 66.2 Å². The van der Waals surface area contributed by atoms with Crippen LogP contribution in [0.3, 0.4) is 0 Å². The molecule has 2 aromatic rings. The second kappa shape index (κ2) is 12.6. The largest absolute Gasteiger partial charge is 0.481 e. The van der Waals surface area contributed by atoms with Crippen molar-refractivity contribution in [1.82, 2.24) is 9.97 Å². The molecule has 7 nitrogen and oxygen atoms in total. The molecular weight excluding hydrogens is 419 g/mol. The third-order valence-electron chi connectivity index (χ3n) is 4.96. The highest BCUT2D eigenvalue weighted by Gasteiger charge is 2.18. The normalized spacial score (nSPS) is 13.3. The second-order valence-corrected chi connectivity index (χ2v) is 7.71. The van der Waals surface area contributed by atoms with Crippen LogP contribution in [0.5, 0.6) is 5.88 Å². The number of hydrogen-bond donors (Lipinski definition) is 4. The minimum absolute atomic E-state index is 0.0691. The molecule has 0 aromatic carbocycles. The summed E-state index contributed by atoms with van der Waals surface area (Å²) in [6.07, 6.45) is 10.6. The van der Waals surface area contributed by atoms with Crippen LogP contribution in [0.1, 0.15) is 44.9 Å². The fraction of sp³-hybridized carbons (Fsp3) is 0.360. The number of rotatable bonds is 12. The third kappa shape index (κ3) is 7.61. The van der Waals surface area contributed by atoms with Crippen LogP contribution in [0.25, 0.3) is 5.70 Å². The summed E-state index contributed by atoms with van der Waals surface area (Å²) < 4.78 is 20.2.